The summed E-state index contributed by atoms with van der Waals surface area (Å²) < 4.78 is 48.4. The van der Waals surface area contributed by atoms with E-state index in [4.69, 9.17) is 16.3 Å². The molecule has 160 valence electrons. The first-order chi connectivity index (χ1) is 14.6. The van der Waals surface area contributed by atoms with Gasteiger partial charge in [-0.05, 0) is 72.2 Å². The molecule has 0 aliphatic heterocycles. The fraction of sp³-hybridized carbons (Fsp3) is 0.182. The second-order valence-electron chi connectivity index (χ2n) is 7.12. The highest BCUT2D eigenvalue weighted by molar-refractivity contribution is 9.10. The van der Waals surface area contributed by atoms with Gasteiger partial charge in [-0.15, -0.1) is 0 Å². The van der Waals surface area contributed by atoms with Gasteiger partial charge in [0.1, 0.15) is 11.4 Å². The molecule has 9 heteroatoms. The van der Waals surface area contributed by atoms with Crippen LogP contribution in [0.3, 0.4) is 0 Å². The third kappa shape index (κ3) is 4.41. The zero-order chi connectivity index (χ0) is 22.3. The Morgan fingerprint density at radius 2 is 1.61 bits per heavy atom. The lowest BCUT2D eigenvalue weighted by Gasteiger charge is -2.12. The number of ether oxygens (including phenoxy) is 1. The highest BCUT2D eigenvalue weighted by atomic mass is 79.9. The fourth-order valence-electron chi connectivity index (χ4n) is 3.11. The molecule has 0 N–H and O–H groups in total. The van der Waals surface area contributed by atoms with E-state index in [1.165, 1.54) is 0 Å². The van der Waals surface area contributed by atoms with Crippen molar-refractivity contribution in [3.05, 3.63) is 69.8 Å². The molecule has 0 bridgehead atoms. The first-order valence-corrected chi connectivity index (χ1v) is 10.5. The number of halogens is 5. The SMILES string of the molecule is CC(C)Oc1ccc(-c2cc(C(F)(F)F)n3nc(-c4ccc(Cl)cc4)c(Br)c3n2)cc1. The maximum Gasteiger partial charge on any atom is 0.433 e. The van der Waals surface area contributed by atoms with Crippen molar-refractivity contribution < 1.29 is 17.9 Å². The van der Waals surface area contributed by atoms with E-state index < -0.39 is 11.9 Å². The summed E-state index contributed by atoms with van der Waals surface area (Å²) in [6.07, 6.45) is -4.63. The predicted octanol–water partition coefficient (Wildman–Crippen LogP) is 7.29. The van der Waals surface area contributed by atoms with Crippen LogP contribution in [-0.4, -0.2) is 20.7 Å². The van der Waals surface area contributed by atoms with Crippen molar-refractivity contribution in [2.45, 2.75) is 26.1 Å². The number of rotatable bonds is 4. The molecule has 0 atom stereocenters. The summed E-state index contributed by atoms with van der Waals surface area (Å²) in [4.78, 5) is 4.46. The van der Waals surface area contributed by atoms with Crippen molar-refractivity contribution in [3.63, 3.8) is 0 Å². The Hall–Kier alpha value is -2.58. The molecule has 0 radical (unpaired) electrons. The number of nitrogens with zero attached hydrogens (tertiary/aromatic N) is 3. The van der Waals surface area contributed by atoms with Crippen LogP contribution in [0.25, 0.3) is 28.2 Å². The van der Waals surface area contributed by atoms with Gasteiger partial charge in [-0.25, -0.2) is 9.50 Å². The molecule has 2 aromatic carbocycles. The van der Waals surface area contributed by atoms with Crippen molar-refractivity contribution in [2.75, 3.05) is 0 Å². The molecular formula is C22H16BrClF3N3O. The number of hydrogen-bond donors (Lipinski definition) is 0. The molecule has 2 aromatic heterocycles. The van der Waals surface area contributed by atoms with Crippen LogP contribution in [0.1, 0.15) is 19.5 Å². The molecule has 2 heterocycles. The van der Waals surface area contributed by atoms with Gasteiger partial charge in [-0.2, -0.15) is 18.3 Å². The Kier molecular flexibility index (Phi) is 5.70. The van der Waals surface area contributed by atoms with E-state index in [0.29, 0.717) is 32.1 Å². The number of hydrogen-bond acceptors (Lipinski definition) is 3. The second-order valence-corrected chi connectivity index (χ2v) is 8.35. The summed E-state index contributed by atoms with van der Waals surface area (Å²) in [5, 5.41) is 4.70. The monoisotopic (exact) mass is 509 g/mol. The maximum absolute atomic E-state index is 13.9. The van der Waals surface area contributed by atoms with Crippen LogP contribution in [0.2, 0.25) is 5.02 Å². The lowest BCUT2D eigenvalue weighted by atomic mass is 10.1. The molecule has 0 amide bonds. The van der Waals surface area contributed by atoms with Crippen LogP contribution >= 0.6 is 27.5 Å². The highest BCUT2D eigenvalue weighted by Gasteiger charge is 2.36. The van der Waals surface area contributed by atoms with Crippen molar-refractivity contribution in [1.29, 1.82) is 0 Å². The van der Waals surface area contributed by atoms with E-state index in [1.54, 1.807) is 48.5 Å². The summed E-state index contributed by atoms with van der Waals surface area (Å²) in [6, 6.07) is 14.5. The van der Waals surface area contributed by atoms with Gasteiger partial charge in [0.15, 0.2) is 11.3 Å². The Bertz CT molecular complexity index is 1240. The molecule has 4 aromatic rings. The van der Waals surface area contributed by atoms with Crippen molar-refractivity contribution in [2.24, 2.45) is 0 Å². The molecule has 0 saturated heterocycles. The Morgan fingerprint density at radius 3 is 2.19 bits per heavy atom. The van der Waals surface area contributed by atoms with E-state index in [2.05, 4.69) is 26.0 Å². The zero-order valence-electron chi connectivity index (χ0n) is 16.4. The molecule has 4 rings (SSSR count). The maximum atomic E-state index is 13.9. The minimum Gasteiger partial charge on any atom is -0.491 e. The average Bonchev–Trinajstić information content (AvgIpc) is 3.04. The van der Waals surface area contributed by atoms with Crippen LogP contribution in [0, 0.1) is 0 Å². The van der Waals surface area contributed by atoms with Crippen molar-refractivity contribution >= 4 is 33.2 Å². The van der Waals surface area contributed by atoms with E-state index in [-0.39, 0.29) is 17.4 Å². The number of fused-ring (bicyclic) bond motifs is 1. The van der Waals surface area contributed by atoms with E-state index in [1.807, 2.05) is 13.8 Å². The number of aromatic nitrogens is 3. The first-order valence-electron chi connectivity index (χ1n) is 9.33. The summed E-state index contributed by atoms with van der Waals surface area (Å²) in [6.45, 7) is 3.79. The number of alkyl halides is 3. The lowest BCUT2D eigenvalue weighted by molar-refractivity contribution is -0.142. The lowest BCUT2D eigenvalue weighted by Crippen LogP contribution is -2.13. The molecule has 0 saturated carbocycles. The van der Waals surface area contributed by atoms with E-state index >= 15 is 0 Å². The van der Waals surface area contributed by atoms with Gasteiger partial charge in [0.05, 0.1) is 16.3 Å². The smallest absolute Gasteiger partial charge is 0.433 e. The molecule has 31 heavy (non-hydrogen) atoms. The summed E-state index contributed by atoms with van der Waals surface area (Å²) >= 11 is 9.31. The molecule has 4 nitrogen and oxygen atoms in total. The van der Waals surface area contributed by atoms with Gasteiger partial charge in [0.25, 0.3) is 0 Å². The minimum atomic E-state index is -4.63. The average molecular weight is 511 g/mol. The topological polar surface area (TPSA) is 39.4 Å². The molecule has 0 aliphatic rings. The Labute approximate surface area is 189 Å². The summed E-state index contributed by atoms with van der Waals surface area (Å²) in [7, 11) is 0. The molecule has 0 unspecified atom stereocenters. The molecule has 0 aliphatic carbocycles. The van der Waals surface area contributed by atoms with Gasteiger partial charge in [-0.1, -0.05) is 23.7 Å². The summed E-state index contributed by atoms with van der Waals surface area (Å²) in [5.41, 5.74) is 0.816. The minimum absolute atomic E-state index is 0.00815. The first kappa shape index (κ1) is 21.6. The van der Waals surface area contributed by atoms with Gasteiger partial charge in [0, 0.05) is 16.1 Å². The quantitative estimate of drug-likeness (QED) is 0.289. The van der Waals surface area contributed by atoms with Crippen LogP contribution < -0.4 is 4.74 Å². The van der Waals surface area contributed by atoms with Gasteiger partial charge >= 0.3 is 6.18 Å². The van der Waals surface area contributed by atoms with Gasteiger partial charge < -0.3 is 4.74 Å². The molecule has 0 spiro atoms. The zero-order valence-corrected chi connectivity index (χ0v) is 18.8. The third-order valence-corrected chi connectivity index (χ3v) is 5.44. The second kappa shape index (κ2) is 8.16. The molecule has 0 fully saturated rings. The summed E-state index contributed by atoms with van der Waals surface area (Å²) in [5.74, 6) is 0.631. The standard InChI is InChI=1S/C22H16BrClF3N3O/c1-12(2)31-16-9-5-13(6-10-16)17-11-18(22(25,26)27)30-21(28-17)19(23)20(29-30)14-3-7-15(24)8-4-14/h3-12H,1-2H3. The van der Waals surface area contributed by atoms with Crippen molar-refractivity contribution in [1.82, 2.24) is 14.6 Å². The molecular weight excluding hydrogens is 495 g/mol. The van der Waals surface area contributed by atoms with Crippen LogP contribution in [0.5, 0.6) is 5.75 Å². The van der Waals surface area contributed by atoms with Gasteiger partial charge in [-0.3, -0.25) is 0 Å². The largest absolute Gasteiger partial charge is 0.491 e. The normalized spacial score (nSPS) is 12.0. The highest BCUT2D eigenvalue weighted by Crippen LogP contribution is 2.37. The van der Waals surface area contributed by atoms with Crippen molar-refractivity contribution in [3.8, 4) is 28.3 Å². The van der Waals surface area contributed by atoms with Gasteiger partial charge in [0.2, 0.25) is 0 Å². The van der Waals surface area contributed by atoms with Crippen LogP contribution in [0.15, 0.2) is 59.1 Å². The number of benzene rings is 2. The third-order valence-electron chi connectivity index (χ3n) is 4.46. The van der Waals surface area contributed by atoms with E-state index in [9.17, 15) is 13.2 Å². The Morgan fingerprint density at radius 1 is 1.00 bits per heavy atom. The van der Waals surface area contributed by atoms with E-state index in [0.717, 1.165) is 10.6 Å². The Balaban J connectivity index is 1.88. The fourth-order valence-corrected chi connectivity index (χ4v) is 3.80. The van der Waals surface area contributed by atoms with Crippen LogP contribution in [-0.2, 0) is 6.18 Å². The predicted molar refractivity (Wildman–Crippen MR) is 117 cm³/mol. The van der Waals surface area contributed by atoms with Crippen LogP contribution in [0.4, 0.5) is 13.2 Å².